The van der Waals surface area contributed by atoms with Gasteiger partial charge in [0.25, 0.3) is 0 Å². The number of nitrogens with one attached hydrogen (secondary N) is 2. The normalized spacial score (nSPS) is 10.8. The molecule has 0 unspecified atom stereocenters. The van der Waals surface area contributed by atoms with Crippen LogP contribution in [0.4, 0.5) is 4.39 Å². The van der Waals surface area contributed by atoms with Gasteiger partial charge in [0, 0.05) is 6.54 Å². The Morgan fingerprint density at radius 1 is 1.13 bits per heavy atom. The smallest absolute Gasteiger partial charge is 0.408 e. The second-order valence-corrected chi connectivity index (χ2v) is 5.25. The molecule has 2 N–H and O–H groups in total. The topological polar surface area (TPSA) is 75.1 Å². The quantitative estimate of drug-likeness (QED) is 0.758. The third-order valence-corrected chi connectivity index (χ3v) is 3.50. The van der Waals surface area contributed by atoms with Gasteiger partial charge in [-0.2, -0.15) is 0 Å². The first-order valence-electron chi connectivity index (χ1n) is 7.23. The first-order chi connectivity index (χ1) is 11.1. The van der Waals surface area contributed by atoms with Crippen LogP contribution in [0.5, 0.6) is 0 Å². The molecule has 0 bridgehead atoms. The second-order valence-electron chi connectivity index (χ2n) is 5.25. The van der Waals surface area contributed by atoms with Crippen molar-refractivity contribution in [1.29, 1.82) is 0 Å². The van der Waals surface area contributed by atoms with Crippen molar-refractivity contribution >= 4 is 17.0 Å². The predicted molar refractivity (Wildman–Crippen MR) is 83.7 cm³/mol. The van der Waals surface area contributed by atoms with Crippen molar-refractivity contribution in [3.05, 3.63) is 70.0 Å². The molecular weight excluding hydrogens is 299 g/mol. The zero-order chi connectivity index (χ0) is 16.2. The van der Waals surface area contributed by atoms with Crippen LogP contribution in [0.25, 0.3) is 11.1 Å². The summed E-state index contributed by atoms with van der Waals surface area (Å²) < 4.78 is 17.8. The van der Waals surface area contributed by atoms with Crippen LogP contribution in [0.15, 0.2) is 51.7 Å². The Kier molecular flexibility index (Phi) is 4.23. The summed E-state index contributed by atoms with van der Waals surface area (Å²) in [6.07, 6.45) is 0.839. The summed E-state index contributed by atoms with van der Waals surface area (Å²) in [6.45, 7) is 0.472. The number of aromatic amines is 1. The molecule has 1 heterocycles. The lowest BCUT2D eigenvalue weighted by Crippen LogP contribution is -2.27. The zero-order valence-corrected chi connectivity index (χ0v) is 12.3. The summed E-state index contributed by atoms with van der Waals surface area (Å²) in [6, 6.07) is 11.3. The van der Waals surface area contributed by atoms with Gasteiger partial charge in [0.05, 0.1) is 11.9 Å². The Morgan fingerprint density at radius 2 is 1.87 bits per heavy atom. The predicted octanol–water partition coefficient (Wildman–Crippen LogP) is 2.16. The van der Waals surface area contributed by atoms with Crippen LogP contribution < -0.4 is 11.1 Å². The summed E-state index contributed by atoms with van der Waals surface area (Å²) in [5, 5.41) is 2.81. The SMILES string of the molecule is O=C(Cc1ccc(F)cc1)NCCc1ccc2[nH]c(=O)oc2c1. The van der Waals surface area contributed by atoms with Gasteiger partial charge in [-0.05, 0) is 41.8 Å². The Bertz CT molecular complexity index is 881. The minimum Gasteiger partial charge on any atom is -0.408 e. The Hall–Kier alpha value is -2.89. The Balaban J connectivity index is 1.52. The lowest BCUT2D eigenvalue weighted by Gasteiger charge is -2.05. The molecule has 0 aliphatic heterocycles. The summed E-state index contributed by atoms with van der Waals surface area (Å²) in [5.41, 5.74) is 2.88. The fourth-order valence-electron chi connectivity index (χ4n) is 2.34. The molecule has 0 aliphatic rings. The van der Waals surface area contributed by atoms with E-state index in [9.17, 15) is 14.0 Å². The van der Waals surface area contributed by atoms with E-state index in [4.69, 9.17) is 4.42 Å². The van der Waals surface area contributed by atoms with E-state index in [1.54, 1.807) is 24.3 Å². The molecule has 0 fully saturated rings. The molecule has 3 aromatic rings. The third-order valence-electron chi connectivity index (χ3n) is 3.50. The van der Waals surface area contributed by atoms with Crippen molar-refractivity contribution in [3.8, 4) is 0 Å². The van der Waals surface area contributed by atoms with Crippen LogP contribution in [-0.4, -0.2) is 17.4 Å². The lowest BCUT2D eigenvalue weighted by molar-refractivity contribution is -0.120. The van der Waals surface area contributed by atoms with Crippen molar-refractivity contribution in [2.75, 3.05) is 6.54 Å². The first-order valence-corrected chi connectivity index (χ1v) is 7.23. The molecule has 0 radical (unpaired) electrons. The van der Waals surface area contributed by atoms with E-state index in [0.717, 1.165) is 11.1 Å². The molecule has 1 amide bonds. The zero-order valence-electron chi connectivity index (χ0n) is 12.3. The molecule has 3 rings (SSSR count). The maximum absolute atomic E-state index is 12.8. The number of oxazole rings is 1. The van der Waals surface area contributed by atoms with Gasteiger partial charge in [0.1, 0.15) is 5.82 Å². The summed E-state index contributed by atoms with van der Waals surface area (Å²) in [5.74, 6) is -0.920. The fraction of sp³-hybridized carbons (Fsp3) is 0.176. The molecule has 0 spiro atoms. The number of halogens is 1. The van der Waals surface area contributed by atoms with Gasteiger partial charge in [-0.3, -0.25) is 9.78 Å². The molecule has 6 heteroatoms. The van der Waals surface area contributed by atoms with Crippen molar-refractivity contribution in [3.63, 3.8) is 0 Å². The maximum atomic E-state index is 12.8. The van der Waals surface area contributed by atoms with Gasteiger partial charge in [0.2, 0.25) is 5.91 Å². The van der Waals surface area contributed by atoms with Gasteiger partial charge < -0.3 is 9.73 Å². The number of hydrogen-bond donors (Lipinski definition) is 2. The number of hydrogen-bond acceptors (Lipinski definition) is 3. The van der Waals surface area contributed by atoms with Crippen LogP contribution in [0.2, 0.25) is 0 Å². The highest BCUT2D eigenvalue weighted by atomic mass is 19.1. The van der Waals surface area contributed by atoms with Crippen LogP contribution in [0.3, 0.4) is 0 Å². The number of aromatic nitrogens is 1. The number of carbonyl (C=O) groups is 1. The summed E-state index contributed by atoms with van der Waals surface area (Å²) in [4.78, 5) is 25.5. The van der Waals surface area contributed by atoms with E-state index in [0.29, 0.717) is 24.1 Å². The van der Waals surface area contributed by atoms with Gasteiger partial charge in [-0.1, -0.05) is 18.2 Å². The largest absolute Gasteiger partial charge is 0.417 e. The molecule has 0 saturated heterocycles. The highest BCUT2D eigenvalue weighted by molar-refractivity contribution is 5.78. The van der Waals surface area contributed by atoms with Crippen molar-refractivity contribution in [2.45, 2.75) is 12.8 Å². The molecule has 0 atom stereocenters. The van der Waals surface area contributed by atoms with E-state index >= 15 is 0 Å². The number of benzene rings is 2. The highest BCUT2D eigenvalue weighted by Crippen LogP contribution is 2.12. The maximum Gasteiger partial charge on any atom is 0.417 e. The van der Waals surface area contributed by atoms with Crippen LogP contribution in [0, 0.1) is 5.82 Å². The number of fused-ring (bicyclic) bond motifs is 1. The number of rotatable bonds is 5. The molecular formula is C17H15FN2O3. The molecule has 0 aliphatic carbocycles. The van der Waals surface area contributed by atoms with Crippen LogP contribution >= 0.6 is 0 Å². The molecule has 2 aromatic carbocycles. The first kappa shape index (κ1) is 15.0. The van der Waals surface area contributed by atoms with E-state index in [1.165, 1.54) is 12.1 Å². The number of carbonyl (C=O) groups excluding carboxylic acids is 1. The Labute approximate surface area is 131 Å². The van der Waals surface area contributed by atoms with Gasteiger partial charge in [-0.15, -0.1) is 0 Å². The van der Waals surface area contributed by atoms with E-state index in [1.807, 2.05) is 6.07 Å². The van der Waals surface area contributed by atoms with Crippen molar-refractivity contribution in [1.82, 2.24) is 10.3 Å². The van der Waals surface area contributed by atoms with E-state index < -0.39 is 5.76 Å². The monoisotopic (exact) mass is 314 g/mol. The molecule has 23 heavy (non-hydrogen) atoms. The van der Waals surface area contributed by atoms with Gasteiger partial charge >= 0.3 is 5.76 Å². The molecule has 5 nitrogen and oxygen atoms in total. The fourth-order valence-corrected chi connectivity index (χ4v) is 2.34. The van der Waals surface area contributed by atoms with Crippen molar-refractivity contribution < 1.29 is 13.6 Å². The standard InChI is InChI=1S/C17H15FN2O3/c18-13-4-1-11(2-5-13)10-16(21)19-8-7-12-3-6-14-15(9-12)23-17(22)20-14/h1-6,9H,7-8,10H2,(H,19,21)(H,20,22). The average Bonchev–Trinajstić information content (AvgIpc) is 2.89. The van der Waals surface area contributed by atoms with E-state index in [2.05, 4.69) is 10.3 Å². The minimum atomic E-state index is -0.482. The summed E-state index contributed by atoms with van der Waals surface area (Å²) >= 11 is 0. The molecule has 1 aromatic heterocycles. The molecule has 118 valence electrons. The average molecular weight is 314 g/mol. The third kappa shape index (κ3) is 3.85. The molecule has 0 saturated carbocycles. The van der Waals surface area contributed by atoms with Crippen LogP contribution in [0.1, 0.15) is 11.1 Å². The number of amides is 1. The highest BCUT2D eigenvalue weighted by Gasteiger charge is 2.05. The number of H-pyrrole nitrogens is 1. The van der Waals surface area contributed by atoms with Gasteiger partial charge in [0.15, 0.2) is 5.58 Å². The van der Waals surface area contributed by atoms with Gasteiger partial charge in [-0.25, -0.2) is 9.18 Å². The van der Waals surface area contributed by atoms with E-state index in [-0.39, 0.29) is 18.1 Å². The second kappa shape index (κ2) is 6.48. The van der Waals surface area contributed by atoms with Crippen LogP contribution in [-0.2, 0) is 17.6 Å². The Morgan fingerprint density at radius 3 is 2.65 bits per heavy atom. The van der Waals surface area contributed by atoms with Crippen molar-refractivity contribution in [2.24, 2.45) is 0 Å². The lowest BCUT2D eigenvalue weighted by atomic mass is 10.1. The minimum absolute atomic E-state index is 0.120. The summed E-state index contributed by atoms with van der Waals surface area (Å²) in [7, 11) is 0.